The van der Waals surface area contributed by atoms with Gasteiger partial charge in [-0.15, -0.1) is 0 Å². The smallest absolute Gasteiger partial charge is 0.389 e. The molecule has 2 amide bonds. The average molecular weight is 415 g/mol. The number of aromatic nitrogens is 4. The van der Waals surface area contributed by atoms with E-state index in [1.807, 2.05) is 0 Å². The van der Waals surface area contributed by atoms with Crippen LogP contribution >= 0.6 is 0 Å². The first kappa shape index (κ1) is 20.4. The molecule has 0 spiro atoms. The summed E-state index contributed by atoms with van der Waals surface area (Å²) >= 11 is 0. The minimum absolute atomic E-state index is 0.00121. The molecule has 0 aliphatic heterocycles. The zero-order valence-corrected chi connectivity index (χ0v) is 15.8. The molecule has 13 heteroatoms. The van der Waals surface area contributed by atoms with Crippen LogP contribution in [0.3, 0.4) is 0 Å². The molecule has 30 heavy (non-hydrogen) atoms. The zero-order chi connectivity index (χ0) is 21.5. The van der Waals surface area contributed by atoms with Crippen LogP contribution in [0.5, 0.6) is 5.75 Å². The molecule has 0 fully saturated rings. The minimum atomic E-state index is -0.626. The topological polar surface area (TPSA) is 167 Å². The van der Waals surface area contributed by atoms with E-state index >= 15 is 0 Å². The molecule has 0 atom stereocenters. The van der Waals surface area contributed by atoms with Gasteiger partial charge in [0, 0.05) is 18.7 Å². The van der Waals surface area contributed by atoms with Crippen LogP contribution in [0.15, 0.2) is 41.1 Å². The maximum absolute atomic E-state index is 12.1. The fourth-order valence-corrected chi connectivity index (χ4v) is 2.39. The number of rotatable bonds is 9. The summed E-state index contributed by atoms with van der Waals surface area (Å²) in [5, 5.41) is 23.2. The normalized spacial score (nSPS) is 10.4. The molecule has 2 heterocycles. The first-order valence-corrected chi connectivity index (χ1v) is 8.67. The number of hydrogen-bond donors (Lipinski definition) is 2. The Morgan fingerprint density at radius 1 is 1.23 bits per heavy atom. The van der Waals surface area contributed by atoms with Gasteiger partial charge in [-0.2, -0.15) is 9.67 Å². The van der Waals surface area contributed by atoms with Gasteiger partial charge in [-0.25, -0.2) is 0 Å². The van der Waals surface area contributed by atoms with Crippen molar-refractivity contribution in [3.05, 3.63) is 63.9 Å². The highest BCUT2D eigenvalue weighted by Gasteiger charge is 2.17. The quantitative estimate of drug-likeness (QED) is 0.285. The number of nitro groups is 1. The van der Waals surface area contributed by atoms with Crippen molar-refractivity contribution in [1.29, 1.82) is 0 Å². The number of hydrogen-bond acceptors (Lipinski definition) is 9. The predicted octanol–water partition coefficient (Wildman–Crippen LogP) is 0.391. The lowest BCUT2D eigenvalue weighted by Gasteiger charge is -2.07. The molecule has 0 radical (unpaired) electrons. The lowest BCUT2D eigenvalue weighted by molar-refractivity contribution is -0.389. The Morgan fingerprint density at radius 3 is 2.70 bits per heavy atom. The van der Waals surface area contributed by atoms with Crippen LogP contribution in [0.2, 0.25) is 0 Å². The second kappa shape index (κ2) is 9.27. The molecule has 1 aromatic carbocycles. The van der Waals surface area contributed by atoms with E-state index in [0.29, 0.717) is 11.3 Å². The second-order valence-corrected chi connectivity index (χ2v) is 5.89. The van der Waals surface area contributed by atoms with Crippen LogP contribution in [0.1, 0.15) is 26.9 Å². The van der Waals surface area contributed by atoms with Crippen molar-refractivity contribution in [1.82, 2.24) is 30.6 Å². The standard InChI is InChI=1S/C17H17N7O6/c1-29-12-4-2-3-11(9-12)15(25)18-6-7-19-16(26)17-20-13(22-30-17)10-23-8-5-14(21-23)24(27)28/h2-5,8-9H,6-7,10H2,1H3,(H,18,25)(H,19,26). The molecular formula is C17H17N7O6. The largest absolute Gasteiger partial charge is 0.497 e. The predicted molar refractivity (Wildman–Crippen MR) is 99.9 cm³/mol. The average Bonchev–Trinajstić information content (AvgIpc) is 3.41. The van der Waals surface area contributed by atoms with E-state index in [1.54, 1.807) is 24.3 Å². The number of carbonyl (C=O) groups is 2. The summed E-state index contributed by atoms with van der Waals surface area (Å²) in [6, 6.07) is 7.90. The van der Waals surface area contributed by atoms with Crippen LogP contribution < -0.4 is 15.4 Å². The first-order valence-electron chi connectivity index (χ1n) is 8.67. The summed E-state index contributed by atoms with van der Waals surface area (Å²) in [5.74, 6) is -0.817. The van der Waals surface area contributed by atoms with Gasteiger partial charge in [0.2, 0.25) is 0 Å². The van der Waals surface area contributed by atoms with Crippen molar-refractivity contribution < 1.29 is 23.8 Å². The van der Waals surface area contributed by atoms with E-state index in [0.717, 1.165) is 0 Å². The Hall–Kier alpha value is -4.29. The molecule has 0 saturated carbocycles. The summed E-state index contributed by atoms with van der Waals surface area (Å²) in [5.41, 5.74) is 0.432. The van der Waals surface area contributed by atoms with Crippen LogP contribution in [-0.4, -0.2) is 56.9 Å². The Bertz CT molecular complexity index is 1060. The van der Waals surface area contributed by atoms with Gasteiger partial charge in [0.1, 0.15) is 12.3 Å². The van der Waals surface area contributed by atoms with Gasteiger partial charge in [0.15, 0.2) is 5.82 Å². The number of carbonyl (C=O) groups excluding carboxylic acids is 2. The van der Waals surface area contributed by atoms with Crippen LogP contribution in [0.4, 0.5) is 5.82 Å². The Kier molecular flexibility index (Phi) is 6.32. The Labute approximate surface area is 169 Å². The molecule has 3 rings (SSSR count). The molecule has 13 nitrogen and oxygen atoms in total. The molecule has 0 unspecified atom stereocenters. The molecule has 3 aromatic rings. The third kappa shape index (κ3) is 5.15. The molecule has 0 aliphatic carbocycles. The van der Waals surface area contributed by atoms with Crippen LogP contribution in [0.25, 0.3) is 0 Å². The van der Waals surface area contributed by atoms with Gasteiger partial charge in [-0.3, -0.25) is 9.59 Å². The van der Waals surface area contributed by atoms with E-state index in [9.17, 15) is 19.7 Å². The monoisotopic (exact) mass is 415 g/mol. The Morgan fingerprint density at radius 2 is 2.00 bits per heavy atom. The number of benzene rings is 1. The van der Waals surface area contributed by atoms with Crippen molar-refractivity contribution in [3.63, 3.8) is 0 Å². The van der Waals surface area contributed by atoms with Crippen molar-refractivity contribution in [2.45, 2.75) is 6.54 Å². The first-order chi connectivity index (χ1) is 14.5. The second-order valence-electron chi connectivity index (χ2n) is 5.89. The third-order valence-electron chi connectivity index (χ3n) is 3.81. The summed E-state index contributed by atoms with van der Waals surface area (Å²) < 4.78 is 11.2. The fourth-order valence-electron chi connectivity index (χ4n) is 2.39. The minimum Gasteiger partial charge on any atom is -0.497 e. The lowest BCUT2D eigenvalue weighted by atomic mass is 10.2. The van der Waals surface area contributed by atoms with Crippen LogP contribution in [0, 0.1) is 10.1 Å². The van der Waals surface area contributed by atoms with E-state index in [-0.39, 0.29) is 43.1 Å². The molecular weight excluding hydrogens is 398 g/mol. The van der Waals surface area contributed by atoms with Gasteiger partial charge in [0.05, 0.1) is 24.5 Å². The maximum Gasteiger partial charge on any atom is 0.389 e. The van der Waals surface area contributed by atoms with Gasteiger partial charge in [-0.05, 0) is 23.1 Å². The summed E-state index contributed by atoms with van der Waals surface area (Å²) in [6.45, 7) is 0.318. The number of amides is 2. The van der Waals surface area contributed by atoms with E-state index in [1.165, 1.54) is 24.1 Å². The molecule has 2 aromatic heterocycles. The molecule has 156 valence electrons. The third-order valence-corrected chi connectivity index (χ3v) is 3.81. The number of methoxy groups -OCH3 is 1. The van der Waals surface area contributed by atoms with Crippen LogP contribution in [-0.2, 0) is 6.54 Å². The van der Waals surface area contributed by atoms with Gasteiger partial charge in [-0.1, -0.05) is 11.2 Å². The van der Waals surface area contributed by atoms with Crippen molar-refractivity contribution in [2.75, 3.05) is 20.2 Å². The molecule has 0 aliphatic rings. The van der Waals surface area contributed by atoms with Crippen molar-refractivity contribution >= 4 is 17.6 Å². The molecule has 2 N–H and O–H groups in total. The van der Waals surface area contributed by atoms with E-state index < -0.39 is 10.8 Å². The summed E-state index contributed by atoms with van der Waals surface area (Å²) in [6.07, 6.45) is 1.39. The molecule has 0 saturated heterocycles. The highest BCUT2D eigenvalue weighted by molar-refractivity contribution is 5.94. The van der Waals surface area contributed by atoms with Crippen molar-refractivity contribution in [2.24, 2.45) is 0 Å². The van der Waals surface area contributed by atoms with E-state index in [2.05, 4.69) is 25.9 Å². The Balaban J connectivity index is 1.45. The zero-order valence-electron chi connectivity index (χ0n) is 15.8. The van der Waals surface area contributed by atoms with Gasteiger partial charge < -0.3 is 30.0 Å². The SMILES string of the molecule is COc1cccc(C(=O)NCCNC(=O)c2nc(Cn3ccc([N+](=O)[O-])n3)no2)c1. The van der Waals surface area contributed by atoms with Gasteiger partial charge >= 0.3 is 17.6 Å². The lowest BCUT2D eigenvalue weighted by Crippen LogP contribution is -2.34. The number of ether oxygens (including phenoxy) is 1. The van der Waals surface area contributed by atoms with Gasteiger partial charge in [0.25, 0.3) is 5.91 Å². The number of nitrogens with zero attached hydrogens (tertiary/aromatic N) is 5. The van der Waals surface area contributed by atoms with Crippen molar-refractivity contribution in [3.8, 4) is 5.75 Å². The van der Waals surface area contributed by atoms with E-state index in [4.69, 9.17) is 9.26 Å². The highest BCUT2D eigenvalue weighted by atomic mass is 16.6. The highest BCUT2D eigenvalue weighted by Crippen LogP contribution is 2.12. The summed E-state index contributed by atoms with van der Waals surface area (Å²) in [4.78, 5) is 38.1. The number of nitrogens with one attached hydrogen (secondary N) is 2. The molecule has 0 bridgehead atoms. The summed E-state index contributed by atoms with van der Waals surface area (Å²) in [7, 11) is 1.51. The maximum atomic E-state index is 12.1. The fraction of sp³-hybridized carbons (Fsp3) is 0.235.